The maximum absolute atomic E-state index is 12.3. The molecular formula is C20H23BrN2O4. The summed E-state index contributed by atoms with van der Waals surface area (Å²) in [6, 6.07) is 11.8. The van der Waals surface area contributed by atoms with Gasteiger partial charge in [0, 0.05) is 10.0 Å². The van der Waals surface area contributed by atoms with E-state index in [9.17, 15) is 9.59 Å². The fourth-order valence-corrected chi connectivity index (χ4v) is 2.59. The van der Waals surface area contributed by atoms with Gasteiger partial charge in [0.15, 0.2) is 0 Å². The van der Waals surface area contributed by atoms with Crippen LogP contribution in [0.3, 0.4) is 0 Å². The second kappa shape index (κ2) is 9.97. The van der Waals surface area contributed by atoms with Crippen LogP contribution in [0.25, 0.3) is 0 Å². The first-order chi connectivity index (χ1) is 12.9. The summed E-state index contributed by atoms with van der Waals surface area (Å²) >= 11 is 3.31. The van der Waals surface area contributed by atoms with E-state index in [1.807, 2.05) is 0 Å². The highest BCUT2D eigenvalue weighted by molar-refractivity contribution is 9.10. The van der Waals surface area contributed by atoms with Crippen molar-refractivity contribution in [3.8, 4) is 11.5 Å². The molecule has 2 aromatic rings. The molecule has 0 saturated carbocycles. The molecule has 0 bridgehead atoms. The Balaban J connectivity index is 1.92. The summed E-state index contributed by atoms with van der Waals surface area (Å²) in [6.07, 6.45) is 0.966. The largest absolute Gasteiger partial charge is 0.496 e. The molecule has 27 heavy (non-hydrogen) atoms. The van der Waals surface area contributed by atoms with Crippen molar-refractivity contribution in [2.75, 3.05) is 13.7 Å². The van der Waals surface area contributed by atoms with Crippen LogP contribution in [-0.4, -0.2) is 25.5 Å². The summed E-state index contributed by atoms with van der Waals surface area (Å²) in [4.78, 5) is 24.5. The van der Waals surface area contributed by atoms with Crippen LogP contribution in [0.5, 0.6) is 11.5 Å². The summed E-state index contributed by atoms with van der Waals surface area (Å²) in [5, 5.41) is 0. The molecule has 7 heteroatoms. The molecule has 0 fully saturated rings. The summed E-state index contributed by atoms with van der Waals surface area (Å²) in [5.74, 6) is 0.784. The van der Waals surface area contributed by atoms with E-state index in [-0.39, 0.29) is 0 Å². The topological polar surface area (TPSA) is 76.7 Å². The number of carbonyl (C=O) groups is 2. The quantitative estimate of drug-likeness (QED) is 0.646. The molecule has 0 aliphatic heterocycles. The van der Waals surface area contributed by atoms with Crippen molar-refractivity contribution in [1.29, 1.82) is 0 Å². The third-order valence-electron chi connectivity index (χ3n) is 3.78. The van der Waals surface area contributed by atoms with Crippen LogP contribution in [0.4, 0.5) is 0 Å². The lowest BCUT2D eigenvalue weighted by Gasteiger charge is -2.11. The molecular weight excluding hydrogens is 412 g/mol. The van der Waals surface area contributed by atoms with Gasteiger partial charge in [0.25, 0.3) is 11.8 Å². The van der Waals surface area contributed by atoms with Crippen molar-refractivity contribution in [3.63, 3.8) is 0 Å². The number of rotatable bonds is 7. The van der Waals surface area contributed by atoms with Crippen LogP contribution in [0.2, 0.25) is 0 Å². The van der Waals surface area contributed by atoms with Crippen LogP contribution >= 0.6 is 15.9 Å². The number of nitrogens with one attached hydrogen (secondary N) is 2. The zero-order valence-electron chi connectivity index (χ0n) is 15.5. The normalized spacial score (nSPS) is 10.4. The zero-order valence-corrected chi connectivity index (χ0v) is 17.1. The van der Waals surface area contributed by atoms with Gasteiger partial charge in [-0.15, -0.1) is 0 Å². The number of ether oxygens (including phenoxy) is 2. The molecule has 2 N–H and O–H groups in total. The molecule has 0 atom stereocenters. The van der Waals surface area contributed by atoms with E-state index in [1.54, 1.807) is 42.5 Å². The van der Waals surface area contributed by atoms with Gasteiger partial charge in [-0.2, -0.15) is 0 Å². The van der Waals surface area contributed by atoms with Crippen molar-refractivity contribution < 1.29 is 19.1 Å². The summed E-state index contributed by atoms with van der Waals surface area (Å²) in [7, 11) is 1.48. The van der Waals surface area contributed by atoms with Crippen molar-refractivity contribution in [2.45, 2.75) is 20.3 Å². The molecule has 2 amide bonds. The Labute approximate surface area is 167 Å². The zero-order chi connectivity index (χ0) is 19.8. The Morgan fingerprint density at radius 1 is 1.04 bits per heavy atom. The van der Waals surface area contributed by atoms with Crippen LogP contribution in [0.1, 0.15) is 41.0 Å². The third kappa shape index (κ3) is 6.29. The number of halogens is 1. The fraction of sp³-hybridized carbons (Fsp3) is 0.300. The number of hydrogen-bond donors (Lipinski definition) is 2. The van der Waals surface area contributed by atoms with Gasteiger partial charge in [-0.05, 0) is 54.8 Å². The Morgan fingerprint density at radius 3 is 2.33 bits per heavy atom. The predicted molar refractivity (Wildman–Crippen MR) is 107 cm³/mol. The van der Waals surface area contributed by atoms with Crippen LogP contribution in [0.15, 0.2) is 46.9 Å². The van der Waals surface area contributed by atoms with Gasteiger partial charge in [-0.3, -0.25) is 20.4 Å². The molecule has 0 aromatic heterocycles. The average molecular weight is 435 g/mol. The average Bonchev–Trinajstić information content (AvgIpc) is 2.66. The fourth-order valence-electron chi connectivity index (χ4n) is 2.23. The lowest BCUT2D eigenvalue weighted by Crippen LogP contribution is -2.41. The summed E-state index contributed by atoms with van der Waals surface area (Å²) in [5.41, 5.74) is 5.50. The minimum atomic E-state index is -0.477. The first kappa shape index (κ1) is 20.8. The molecule has 0 heterocycles. The van der Waals surface area contributed by atoms with Gasteiger partial charge in [-0.25, -0.2) is 0 Å². The predicted octanol–water partition coefficient (Wildman–Crippen LogP) is 3.96. The van der Waals surface area contributed by atoms with Gasteiger partial charge < -0.3 is 9.47 Å². The standard InChI is InChI=1S/C20H23BrN2O4/c1-13(2)10-11-27-16-7-4-14(5-8-16)19(24)22-23-20(25)17-12-15(21)6-9-18(17)26-3/h4-9,12-13H,10-11H2,1-3H3,(H,22,24)(H,23,25). The van der Waals surface area contributed by atoms with Crippen LogP contribution in [0, 0.1) is 5.92 Å². The summed E-state index contributed by atoms with van der Waals surface area (Å²) in [6.45, 7) is 4.90. The Hall–Kier alpha value is -2.54. The molecule has 6 nitrogen and oxygen atoms in total. The van der Waals surface area contributed by atoms with Crippen molar-refractivity contribution in [3.05, 3.63) is 58.1 Å². The van der Waals surface area contributed by atoms with Crippen molar-refractivity contribution in [2.24, 2.45) is 5.92 Å². The second-order valence-corrected chi connectivity index (χ2v) is 7.22. The maximum atomic E-state index is 12.3. The number of carbonyl (C=O) groups excluding carboxylic acids is 2. The first-order valence-corrected chi connectivity index (χ1v) is 9.37. The first-order valence-electron chi connectivity index (χ1n) is 8.57. The van der Waals surface area contributed by atoms with E-state index in [0.29, 0.717) is 35.2 Å². The molecule has 0 spiro atoms. The number of hydrazine groups is 1. The van der Waals surface area contributed by atoms with E-state index in [2.05, 4.69) is 40.6 Å². The Morgan fingerprint density at radius 2 is 1.70 bits per heavy atom. The second-order valence-electron chi connectivity index (χ2n) is 6.31. The van der Waals surface area contributed by atoms with E-state index < -0.39 is 11.8 Å². The van der Waals surface area contributed by atoms with Crippen LogP contribution in [-0.2, 0) is 0 Å². The highest BCUT2D eigenvalue weighted by Gasteiger charge is 2.14. The molecule has 0 radical (unpaired) electrons. The van der Waals surface area contributed by atoms with Gasteiger partial charge in [0.1, 0.15) is 11.5 Å². The van der Waals surface area contributed by atoms with E-state index in [1.165, 1.54) is 7.11 Å². The lowest BCUT2D eigenvalue weighted by atomic mass is 10.1. The lowest BCUT2D eigenvalue weighted by molar-refractivity contribution is 0.0845. The Kier molecular flexibility index (Phi) is 7.67. The van der Waals surface area contributed by atoms with E-state index in [0.717, 1.165) is 10.9 Å². The van der Waals surface area contributed by atoms with Crippen molar-refractivity contribution >= 4 is 27.7 Å². The highest BCUT2D eigenvalue weighted by Crippen LogP contribution is 2.22. The summed E-state index contributed by atoms with van der Waals surface area (Å²) < 4.78 is 11.5. The maximum Gasteiger partial charge on any atom is 0.273 e. The van der Waals surface area contributed by atoms with Gasteiger partial charge in [-0.1, -0.05) is 29.8 Å². The van der Waals surface area contributed by atoms with Gasteiger partial charge >= 0.3 is 0 Å². The molecule has 0 aliphatic carbocycles. The number of hydrogen-bond acceptors (Lipinski definition) is 4. The molecule has 2 aromatic carbocycles. The molecule has 2 rings (SSSR count). The molecule has 0 saturated heterocycles. The van der Waals surface area contributed by atoms with E-state index in [4.69, 9.17) is 9.47 Å². The van der Waals surface area contributed by atoms with Gasteiger partial charge in [0.2, 0.25) is 0 Å². The van der Waals surface area contributed by atoms with Crippen molar-refractivity contribution in [1.82, 2.24) is 10.9 Å². The van der Waals surface area contributed by atoms with Gasteiger partial charge in [0.05, 0.1) is 19.3 Å². The SMILES string of the molecule is COc1ccc(Br)cc1C(=O)NNC(=O)c1ccc(OCCC(C)C)cc1. The third-order valence-corrected chi connectivity index (χ3v) is 4.27. The molecule has 144 valence electrons. The smallest absolute Gasteiger partial charge is 0.273 e. The molecule has 0 aliphatic rings. The highest BCUT2D eigenvalue weighted by atomic mass is 79.9. The monoisotopic (exact) mass is 434 g/mol. The van der Waals surface area contributed by atoms with Crippen LogP contribution < -0.4 is 20.3 Å². The number of methoxy groups -OCH3 is 1. The molecule has 0 unspecified atom stereocenters. The minimum Gasteiger partial charge on any atom is -0.496 e. The van der Waals surface area contributed by atoms with E-state index >= 15 is 0 Å². The minimum absolute atomic E-state index is 0.307. The number of benzene rings is 2. The Bertz CT molecular complexity index is 791. The number of amides is 2.